The molecule has 0 fully saturated rings. The lowest BCUT2D eigenvalue weighted by atomic mass is 10.1. The number of nitrogens with zero attached hydrogens (tertiary/aromatic N) is 2. The molecule has 2 aromatic rings. The van der Waals surface area contributed by atoms with Gasteiger partial charge in [0.05, 0.1) is 6.04 Å². The van der Waals surface area contributed by atoms with Gasteiger partial charge in [0.1, 0.15) is 5.82 Å². The molecule has 1 aromatic carbocycles. The van der Waals surface area contributed by atoms with E-state index in [0.29, 0.717) is 12.0 Å². The highest BCUT2D eigenvalue weighted by Gasteiger charge is 2.17. The van der Waals surface area contributed by atoms with E-state index in [9.17, 15) is 13.6 Å². The molecule has 1 amide bonds. The molecule has 0 saturated carbocycles. The number of rotatable bonds is 7. The molecule has 0 aliphatic rings. The predicted octanol–water partition coefficient (Wildman–Crippen LogP) is 3.29. The number of halogens is 2. The summed E-state index contributed by atoms with van der Waals surface area (Å²) in [4.78, 5) is 16.4. The molecule has 0 spiro atoms. The van der Waals surface area contributed by atoms with Crippen LogP contribution in [0, 0.1) is 11.6 Å². The second kappa shape index (κ2) is 7.85. The molecule has 0 aliphatic heterocycles. The zero-order valence-corrected chi connectivity index (χ0v) is 13.4. The van der Waals surface area contributed by atoms with Crippen molar-refractivity contribution >= 4 is 5.91 Å². The molecule has 4 nitrogen and oxygen atoms in total. The van der Waals surface area contributed by atoms with Gasteiger partial charge in [-0.1, -0.05) is 19.4 Å². The van der Waals surface area contributed by atoms with Gasteiger partial charge in [-0.15, -0.1) is 0 Å². The minimum absolute atomic E-state index is 0.129. The number of amides is 1. The van der Waals surface area contributed by atoms with Crippen molar-refractivity contribution in [1.29, 1.82) is 0 Å². The third kappa shape index (κ3) is 4.61. The Labute approximate surface area is 134 Å². The van der Waals surface area contributed by atoms with E-state index in [4.69, 9.17) is 0 Å². The zero-order valence-electron chi connectivity index (χ0n) is 13.4. The van der Waals surface area contributed by atoms with Crippen LogP contribution in [0.25, 0.3) is 0 Å². The fraction of sp³-hybridized carbons (Fsp3) is 0.412. The first-order chi connectivity index (χ1) is 11.0. The monoisotopic (exact) mass is 321 g/mol. The van der Waals surface area contributed by atoms with E-state index in [1.807, 2.05) is 24.7 Å². The number of hydrogen-bond donors (Lipinski definition) is 1. The number of benzene rings is 1. The van der Waals surface area contributed by atoms with Crippen LogP contribution < -0.4 is 5.32 Å². The van der Waals surface area contributed by atoms with Gasteiger partial charge < -0.3 is 9.88 Å². The number of imidazole rings is 1. The summed E-state index contributed by atoms with van der Waals surface area (Å²) in [7, 11) is 1.89. The molecule has 0 radical (unpaired) electrons. The Morgan fingerprint density at radius 1 is 1.35 bits per heavy atom. The standard InChI is InChI=1S/C17H21F2N3O/c1-3-4-15(17-20-9-10-22(17)2)21-16(23)8-6-12-5-7-13(18)14(19)11-12/h5,7,9-11,15H,3-4,6,8H2,1-2H3,(H,21,23). The first-order valence-corrected chi connectivity index (χ1v) is 7.71. The Kier molecular flexibility index (Phi) is 5.84. The number of carbonyl (C=O) groups excluding carboxylic acids is 1. The van der Waals surface area contributed by atoms with Crippen LogP contribution in [-0.4, -0.2) is 15.5 Å². The average molecular weight is 321 g/mol. The number of aromatic nitrogens is 2. The van der Waals surface area contributed by atoms with Crippen molar-refractivity contribution in [3.05, 3.63) is 53.6 Å². The normalized spacial score (nSPS) is 12.2. The van der Waals surface area contributed by atoms with Crippen molar-refractivity contribution in [3.8, 4) is 0 Å². The summed E-state index contributed by atoms with van der Waals surface area (Å²) in [6.07, 6.45) is 5.83. The third-order valence-electron chi connectivity index (χ3n) is 3.71. The molecule has 2 rings (SSSR count). The molecular formula is C17H21F2N3O. The second-order valence-corrected chi connectivity index (χ2v) is 5.55. The van der Waals surface area contributed by atoms with Crippen molar-refractivity contribution in [1.82, 2.24) is 14.9 Å². The predicted molar refractivity (Wildman–Crippen MR) is 83.7 cm³/mol. The fourth-order valence-corrected chi connectivity index (χ4v) is 2.49. The molecular weight excluding hydrogens is 300 g/mol. The van der Waals surface area contributed by atoms with E-state index in [-0.39, 0.29) is 18.4 Å². The summed E-state index contributed by atoms with van der Waals surface area (Å²) in [5.41, 5.74) is 0.600. The van der Waals surface area contributed by atoms with Gasteiger partial charge in [0.2, 0.25) is 5.91 Å². The van der Waals surface area contributed by atoms with E-state index in [2.05, 4.69) is 10.3 Å². The average Bonchev–Trinajstić information content (AvgIpc) is 2.94. The fourth-order valence-electron chi connectivity index (χ4n) is 2.49. The number of aryl methyl sites for hydroxylation is 2. The van der Waals surface area contributed by atoms with Crippen LogP contribution in [0.5, 0.6) is 0 Å². The first kappa shape index (κ1) is 17.1. The summed E-state index contributed by atoms with van der Waals surface area (Å²) in [5.74, 6) is -1.08. The highest BCUT2D eigenvalue weighted by Crippen LogP contribution is 2.17. The van der Waals surface area contributed by atoms with E-state index in [1.165, 1.54) is 6.07 Å². The topological polar surface area (TPSA) is 46.9 Å². The minimum atomic E-state index is -0.889. The van der Waals surface area contributed by atoms with Crippen molar-refractivity contribution in [2.24, 2.45) is 7.05 Å². The maximum absolute atomic E-state index is 13.2. The van der Waals surface area contributed by atoms with Gasteiger partial charge in [-0.05, 0) is 30.5 Å². The van der Waals surface area contributed by atoms with Crippen LogP contribution in [0.4, 0.5) is 8.78 Å². The maximum atomic E-state index is 13.2. The van der Waals surface area contributed by atoms with E-state index in [1.54, 1.807) is 6.20 Å². The molecule has 1 N–H and O–H groups in total. The van der Waals surface area contributed by atoms with Gasteiger partial charge in [0, 0.05) is 25.9 Å². The Hall–Kier alpha value is -2.24. The van der Waals surface area contributed by atoms with Gasteiger partial charge in [0.15, 0.2) is 11.6 Å². The van der Waals surface area contributed by atoms with Gasteiger partial charge in [-0.3, -0.25) is 4.79 Å². The molecule has 1 heterocycles. The molecule has 23 heavy (non-hydrogen) atoms. The lowest BCUT2D eigenvalue weighted by Crippen LogP contribution is -2.30. The molecule has 1 aromatic heterocycles. The summed E-state index contributed by atoms with van der Waals surface area (Å²) < 4.78 is 27.9. The van der Waals surface area contributed by atoms with Gasteiger partial charge in [0.25, 0.3) is 0 Å². The largest absolute Gasteiger partial charge is 0.346 e. The molecule has 1 atom stereocenters. The molecule has 6 heteroatoms. The Bertz CT molecular complexity index is 670. The SMILES string of the molecule is CCCC(NC(=O)CCc1ccc(F)c(F)c1)c1nccn1C. The van der Waals surface area contributed by atoms with Crippen LogP contribution in [0.2, 0.25) is 0 Å². The van der Waals surface area contributed by atoms with Gasteiger partial charge in [-0.2, -0.15) is 0 Å². The molecule has 0 saturated heterocycles. The van der Waals surface area contributed by atoms with Crippen molar-refractivity contribution in [3.63, 3.8) is 0 Å². The highest BCUT2D eigenvalue weighted by molar-refractivity contribution is 5.76. The summed E-state index contributed by atoms with van der Waals surface area (Å²) in [5, 5.41) is 2.97. The number of carbonyl (C=O) groups is 1. The Morgan fingerprint density at radius 2 is 2.13 bits per heavy atom. The Morgan fingerprint density at radius 3 is 2.74 bits per heavy atom. The first-order valence-electron chi connectivity index (χ1n) is 7.71. The molecule has 124 valence electrons. The van der Waals surface area contributed by atoms with Crippen LogP contribution in [-0.2, 0) is 18.3 Å². The van der Waals surface area contributed by atoms with Crippen molar-refractivity contribution in [2.45, 2.75) is 38.6 Å². The zero-order chi connectivity index (χ0) is 16.8. The molecule has 0 bridgehead atoms. The smallest absolute Gasteiger partial charge is 0.220 e. The van der Waals surface area contributed by atoms with E-state index in [0.717, 1.165) is 30.8 Å². The van der Waals surface area contributed by atoms with E-state index < -0.39 is 11.6 Å². The summed E-state index contributed by atoms with van der Waals surface area (Å²) in [6, 6.07) is 3.56. The van der Waals surface area contributed by atoms with Crippen LogP contribution >= 0.6 is 0 Å². The van der Waals surface area contributed by atoms with Crippen molar-refractivity contribution < 1.29 is 13.6 Å². The van der Waals surface area contributed by atoms with E-state index >= 15 is 0 Å². The second-order valence-electron chi connectivity index (χ2n) is 5.55. The molecule has 0 aliphatic carbocycles. The summed E-state index contributed by atoms with van der Waals surface area (Å²) >= 11 is 0. The third-order valence-corrected chi connectivity index (χ3v) is 3.71. The number of hydrogen-bond acceptors (Lipinski definition) is 2. The van der Waals surface area contributed by atoms with Gasteiger partial charge in [-0.25, -0.2) is 13.8 Å². The quantitative estimate of drug-likeness (QED) is 0.850. The summed E-state index contributed by atoms with van der Waals surface area (Å²) in [6.45, 7) is 2.05. The molecule has 1 unspecified atom stereocenters. The lowest BCUT2D eigenvalue weighted by molar-refractivity contribution is -0.121. The lowest BCUT2D eigenvalue weighted by Gasteiger charge is -2.18. The number of nitrogens with one attached hydrogen (secondary N) is 1. The maximum Gasteiger partial charge on any atom is 0.220 e. The highest BCUT2D eigenvalue weighted by atomic mass is 19.2. The van der Waals surface area contributed by atoms with Gasteiger partial charge >= 0.3 is 0 Å². The Balaban J connectivity index is 1.94. The minimum Gasteiger partial charge on any atom is -0.346 e. The van der Waals surface area contributed by atoms with Crippen LogP contribution in [0.15, 0.2) is 30.6 Å². The van der Waals surface area contributed by atoms with Crippen molar-refractivity contribution in [2.75, 3.05) is 0 Å². The van der Waals surface area contributed by atoms with Crippen LogP contribution in [0.1, 0.15) is 43.6 Å². The van der Waals surface area contributed by atoms with Crippen LogP contribution in [0.3, 0.4) is 0 Å².